The highest BCUT2D eigenvalue weighted by Gasteiger charge is 2.16. The van der Waals surface area contributed by atoms with E-state index in [1.54, 1.807) is 0 Å². The summed E-state index contributed by atoms with van der Waals surface area (Å²) in [4.78, 5) is 4.22. The maximum absolute atomic E-state index is 5.64. The number of halogens is 1. The highest BCUT2D eigenvalue weighted by Crippen LogP contribution is 2.26. The molecule has 0 atom stereocenters. The zero-order chi connectivity index (χ0) is 10.5. The lowest BCUT2D eigenvalue weighted by molar-refractivity contribution is 0.329. The summed E-state index contributed by atoms with van der Waals surface area (Å²) in [6, 6.07) is 0. The maximum atomic E-state index is 5.64. The Bertz CT molecular complexity index is 292. The zero-order valence-electron chi connectivity index (χ0n) is 9.04. The Labute approximate surface area is 96.0 Å². The SMILES string of the molecule is ClCCc1ncc(CC2CCCCC2)o1. The summed E-state index contributed by atoms with van der Waals surface area (Å²) in [5, 5.41) is 0. The van der Waals surface area contributed by atoms with Crippen molar-refractivity contribution in [3.05, 3.63) is 17.8 Å². The number of alkyl halides is 1. The maximum Gasteiger partial charge on any atom is 0.195 e. The van der Waals surface area contributed by atoms with Gasteiger partial charge in [-0.05, 0) is 5.92 Å². The van der Waals surface area contributed by atoms with Crippen molar-refractivity contribution in [3.63, 3.8) is 0 Å². The van der Waals surface area contributed by atoms with Crippen LogP contribution in [0.5, 0.6) is 0 Å². The molecule has 15 heavy (non-hydrogen) atoms. The topological polar surface area (TPSA) is 26.0 Å². The molecule has 0 aliphatic heterocycles. The molecule has 1 aliphatic carbocycles. The van der Waals surface area contributed by atoms with Crippen molar-refractivity contribution in [2.75, 3.05) is 5.88 Å². The van der Waals surface area contributed by atoms with E-state index in [-0.39, 0.29) is 0 Å². The minimum atomic E-state index is 0.587. The molecule has 1 aromatic heterocycles. The molecule has 0 aromatic carbocycles. The lowest BCUT2D eigenvalue weighted by Crippen LogP contribution is -2.08. The van der Waals surface area contributed by atoms with Crippen LogP contribution in [0.15, 0.2) is 10.6 Å². The molecule has 1 saturated carbocycles. The van der Waals surface area contributed by atoms with Crippen molar-refractivity contribution >= 4 is 11.6 Å². The van der Waals surface area contributed by atoms with E-state index in [2.05, 4.69) is 4.98 Å². The molecule has 84 valence electrons. The fraction of sp³-hybridized carbons (Fsp3) is 0.750. The van der Waals surface area contributed by atoms with Gasteiger partial charge in [0, 0.05) is 18.7 Å². The normalized spacial score (nSPS) is 18.2. The van der Waals surface area contributed by atoms with E-state index in [1.807, 2.05) is 6.20 Å². The Hall–Kier alpha value is -0.500. The van der Waals surface area contributed by atoms with Crippen LogP contribution in [0.25, 0.3) is 0 Å². The van der Waals surface area contributed by atoms with Crippen LogP contribution in [0.3, 0.4) is 0 Å². The molecule has 3 heteroatoms. The Morgan fingerprint density at radius 1 is 1.33 bits per heavy atom. The highest BCUT2D eigenvalue weighted by molar-refractivity contribution is 6.17. The first-order valence-electron chi connectivity index (χ1n) is 5.88. The number of nitrogens with zero attached hydrogens (tertiary/aromatic N) is 1. The third kappa shape index (κ3) is 3.23. The Kier molecular flexibility index (Phi) is 4.07. The predicted octanol–water partition coefficient (Wildman–Crippen LogP) is 3.58. The third-order valence-corrected chi connectivity index (χ3v) is 3.31. The summed E-state index contributed by atoms with van der Waals surface area (Å²) in [5.41, 5.74) is 0. The molecule has 0 spiro atoms. The quantitative estimate of drug-likeness (QED) is 0.735. The van der Waals surface area contributed by atoms with Crippen molar-refractivity contribution in [3.8, 4) is 0 Å². The van der Waals surface area contributed by atoms with E-state index in [0.29, 0.717) is 5.88 Å². The monoisotopic (exact) mass is 227 g/mol. The van der Waals surface area contributed by atoms with Crippen LogP contribution in [0, 0.1) is 5.92 Å². The number of hydrogen-bond donors (Lipinski definition) is 0. The summed E-state index contributed by atoms with van der Waals surface area (Å²) in [6.45, 7) is 0. The molecule has 1 aliphatic rings. The van der Waals surface area contributed by atoms with Crippen molar-refractivity contribution in [2.24, 2.45) is 5.92 Å². The lowest BCUT2D eigenvalue weighted by atomic mass is 9.86. The second-order valence-corrected chi connectivity index (χ2v) is 4.75. The number of aryl methyl sites for hydroxylation is 1. The van der Waals surface area contributed by atoms with Crippen LogP contribution in [-0.4, -0.2) is 10.9 Å². The van der Waals surface area contributed by atoms with Crippen molar-refractivity contribution < 1.29 is 4.42 Å². The Balaban J connectivity index is 1.86. The van der Waals surface area contributed by atoms with Crippen molar-refractivity contribution in [2.45, 2.75) is 44.9 Å². The molecule has 1 aromatic rings. The standard InChI is InChI=1S/C12H18ClNO/c13-7-6-12-14-9-11(15-12)8-10-4-2-1-3-5-10/h9-10H,1-8H2. The predicted molar refractivity (Wildman–Crippen MR) is 61.2 cm³/mol. The molecular weight excluding hydrogens is 210 g/mol. The van der Waals surface area contributed by atoms with E-state index < -0.39 is 0 Å². The van der Waals surface area contributed by atoms with E-state index in [1.165, 1.54) is 32.1 Å². The second kappa shape index (κ2) is 5.55. The molecule has 0 radical (unpaired) electrons. The first-order chi connectivity index (χ1) is 7.38. The summed E-state index contributed by atoms with van der Waals surface area (Å²) in [6.07, 6.45) is 10.6. The van der Waals surface area contributed by atoms with Crippen LogP contribution >= 0.6 is 11.6 Å². The van der Waals surface area contributed by atoms with E-state index in [4.69, 9.17) is 16.0 Å². The molecule has 2 rings (SSSR count). The number of rotatable bonds is 4. The average molecular weight is 228 g/mol. The minimum Gasteiger partial charge on any atom is -0.446 e. The number of hydrogen-bond acceptors (Lipinski definition) is 2. The highest BCUT2D eigenvalue weighted by atomic mass is 35.5. The van der Waals surface area contributed by atoms with E-state index in [9.17, 15) is 0 Å². The summed E-state index contributed by atoms with van der Waals surface area (Å²) in [7, 11) is 0. The van der Waals surface area contributed by atoms with Gasteiger partial charge in [0.05, 0.1) is 6.20 Å². The Morgan fingerprint density at radius 2 is 2.13 bits per heavy atom. The average Bonchev–Trinajstić information content (AvgIpc) is 2.68. The van der Waals surface area contributed by atoms with Gasteiger partial charge >= 0.3 is 0 Å². The van der Waals surface area contributed by atoms with Gasteiger partial charge in [-0.1, -0.05) is 32.1 Å². The van der Waals surface area contributed by atoms with Gasteiger partial charge in [-0.2, -0.15) is 0 Å². The van der Waals surface area contributed by atoms with Crippen LogP contribution in [0.2, 0.25) is 0 Å². The zero-order valence-corrected chi connectivity index (χ0v) is 9.80. The molecule has 0 N–H and O–H groups in total. The lowest BCUT2D eigenvalue weighted by Gasteiger charge is -2.19. The number of oxazole rings is 1. The van der Waals surface area contributed by atoms with Gasteiger partial charge in [0.25, 0.3) is 0 Å². The van der Waals surface area contributed by atoms with Gasteiger partial charge < -0.3 is 4.42 Å². The summed E-state index contributed by atoms with van der Waals surface area (Å²) in [5.74, 6) is 3.23. The molecule has 0 amide bonds. The van der Waals surface area contributed by atoms with Gasteiger partial charge in [-0.3, -0.25) is 0 Å². The van der Waals surface area contributed by atoms with E-state index >= 15 is 0 Å². The van der Waals surface area contributed by atoms with Crippen LogP contribution < -0.4 is 0 Å². The molecule has 2 nitrogen and oxygen atoms in total. The fourth-order valence-electron chi connectivity index (χ4n) is 2.31. The largest absolute Gasteiger partial charge is 0.446 e. The van der Waals surface area contributed by atoms with Crippen molar-refractivity contribution in [1.82, 2.24) is 4.98 Å². The first kappa shape index (κ1) is 11.0. The molecule has 1 fully saturated rings. The van der Waals surface area contributed by atoms with E-state index in [0.717, 1.165) is 30.4 Å². The molecule has 1 heterocycles. The van der Waals surface area contributed by atoms with Crippen molar-refractivity contribution in [1.29, 1.82) is 0 Å². The van der Waals surface area contributed by atoms with Gasteiger partial charge in [0.1, 0.15) is 5.76 Å². The second-order valence-electron chi connectivity index (χ2n) is 4.37. The molecular formula is C12H18ClNO. The summed E-state index contributed by atoms with van der Waals surface area (Å²) < 4.78 is 5.63. The smallest absolute Gasteiger partial charge is 0.195 e. The van der Waals surface area contributed by atoms with Gasteiger partial charge in [-0.25, -0.2) is 4.98 Å². The number of aromatic nitrogens is 1. The first-order valence-corrected chi connectivity index (χ1v) is 6.41. The Morgan fingerprint density at radius 3 is 2.87 bits per heavy atom. The molecule has 0 unspecified atom stereocenters. The third-order valence-electron chi connectivity index (χ3n) is 3.12. The summed E-state index contributed by atoms with van der Waals surface area (Å²) >= 11 is 5.64. The van der Waals surface area contributed by atoms with Crippen LogP contribution in [0.1, 0.15) is 43.8 Å². The van der Waals surface area contributed by atoms with Gasteiger partial charge in [0.2, 0.25) is 0 Å². The van der Waals surface area contributed by atoms with Gasteiger partial charge in [-0.15, -0.1) is 11.6 Å². The van der Waals surface area contributed by atoms with Crippen LogP contribution in [0.4, 0.5) is 0 Å². The van der Waals surface area contributed by atoms with Gasteiger partial charge in [0.15, 0.2) is 5.89 Å². The molecule has 0 bridgehead atoms. The molecule has 0 saturated heterocycles. The van der Waals surface area contributed by atoms with Crippen LogP contribution in [-0.2, 0) is 12.8 Å². The fourth-order valence-corrected chi connectivity index (χ4v) is 2.48. The minimum absolute atomic E-state index is 0.587.